The largest absolute Gasteiger partial charge is 0.455 e. The number of hydrogen-bond acceptors (Lipinski definition) is 4. The molecular weight excluding hydrogens is 445 g/mol. The first-order chi connectivity index (χ1) is 17.0. The molecule has 4 heterocycles. The molecule has 3 saturated heterocycles. The number of fused-ring (bicyclic) bond motifs is 3. The fourth-order valence-electron chi connectivity index (χ4n) is 6.51. The predicted octanol–water partition coefficient (Wildman–Crippen LogP) is 4.60. The molecule has 1 N–H and O–H groups in total. The molecule has 1 amide bonds. The first-order valence-electron chi connectivity index (χ1n) is 13.0. The van der Waals surface area contributed by atoms with Gasteiger partial charge >= 0.3 is 5.97 Å². The monoisotopic (exact) mass is 480 g/mol. The molecule has 35 heavy (non-hydrogen) atoms. The van der Waals surface area contributed by atoms with E-state index in [1.807, 2.05) is 18.2 Å². The highest BCUT2D eigenvalue weighted by molar-refractivity contribution is 5.91. The second-order valence-electron chi connectivity index (χ2n) is 10.7. The summed E-state index contributed by atoms with van der Waals surface area (Å²) in [5.41, 5.74) is 0.859. The van der Waals surface area contributed by atoms with Crippen LogP contribution in [0.15, 0.2) is 48.8 Å². The standard InChI is InChI=1S/C28H34FN3O3/c29-23-16-24(18-30-17-23)31-26(33)20-32-14-10-21(11-15-32)25(19-32)35-27(34)28(12-6-1-2-7-13-28)22-8-4-3-5-9-22/h3-5,8-9,16-18,21,25H,1-2,6-7,10-15,19-20H2/p+1/t21?,25-,32?/m0/s1. The Kier molecular flexibility index (Phi) is 6.87. The topological polar surface area (TPSA) is 68.3 Å². The van der Waals surface area contributed by atoms with Gasteiger partial charge in [0.2, 0.25) is 0 Å². The lowest BCUT2D eigenvalue weighted by atomic mass is 9.74. The van der Waals surface area contributed by atoms with Gasteiger partial charge in [-0.05, 0) is 18.4 Å². The van der Waals surface area contributed by atoms with E-state index in [-0.39, 0.29) is 18.0 Å². The number of hydrogen-bond donors (Lipinski definition) is 1. The molecule has 6 rings (SSSR count). The number of halogens is 1. The number of amides is 1. The van der Waals surface area contributed by atoms with Gasteiger partial charge in [0.05, 0.1) is 36.6 Å². The van der Waals surface area contributed by atoms with E-state index < -0.39 is 11.2 Å². The highest BCUT2D eigenvalue weighted by atomic mass is 19.1. The lowest BCUT2D eigenvalue weighted by molar-refractivity contribution is -0.939. The highest BCUT2D eigenvalue weighted by Gasteiger charge is 2.51. The molecule has 186 valence electrons. The molecular formula is C28H35FN3O3+. The summed E-state index contributed by atoms with van der Waals surface area (Å²) >= 11 is 0. The van der Waals surface area contributed by atoms with Gasteiger partial charge in [0.1, 0.15) is 12.4 Å². The van der Waals surface area contributed by atoms with E-state index in [1.54, 1.807) is 0 Å². The number of esters is 1. The Morgan fingerprint density at radius 1 is 1.06 bits per heavy atom. The SMILES string of the molecule is O=C(C[N+]12CCC(CC1)[C@@H](OC(=O)C1(c3ccccc3)CCCCCC1)C2)Nc1cncc(F)c1. The third kappa shape index (κ3) is 5.10. The molecule has 1 aromatic heterocycles. The van der Waals surface area contributed by atoms with E-state index in [4.69, 9.17) is 4.74 Å². The molecule has 3 aliphatic heterocycles. The number of pyridine rings is 1. The molecule has 2 aromatic rings. The maximum absolute atomic E-state index is 13.9. The number of quaternary nitrogens is 1. The van der Waals surface area contributed by atoms with E-state index in [1.165, 1.54) is 12.3 Å². The minimum atomic E-state index is -0.573. The Morgan fingerprint density at radius 3 is 2.46 bits per heavy atom. The quantitative estimate of drug-likeness (QED) is 0.373. The summed E-state index contributed by atoms with van der Waals surface area (Å²) in [6, 6.07) is 11.4. The fraction of sp³-hybridized carbons (Fsp3) is 0.536. The number of carbonyl (C=O) groups is 2. The van der Waals surface area contributed by atoms with Crippen LogP contribution in [0.2, 0.25) is 0 Å². The van der Waals surface area contributed by atoms with Crippen molar-refractivity contribution in [2.45, 2.75) is 62.9 Å². The lowest BCUT2D eigenvalue weighted by Gasteiger charge is -2.52. The number of ether oxygens (including phenoxy) is 1. The van der Waals surface area contributed by atoms with Gasteiger partial charge in [-0.25, -0.2) is 4.39 Å². The number of nitrogens with one attached hydrogen (secondary N) is 1. The number of aromatic nitrogens is 1. The van der Waals surface area contributed by atoms with Crippen LogP contribution in [0, 0.1) is 11.7 Å². The summed E-state index contributed by atoms with van der Waals surface area (Å²) in [5, 5.41) is 2.78. The summed E-state index contributed by atoms with van der Waals surface area (Å²) in [6.07, 6.45) is 10.3. The summed E-state index contributed by atoms with van der Waals surface area (Å²) in [7, 11) is 0. The second-order valence-corrected chi connectivity index (χ2v) is 10.7. The van der Waals surface area contributed by atoms with Gasteiger partial charge in [-0.3, -0.25) is 14.6 Å². The number of rotatable bonds is 6. The Labute approximate surface area is 206 Å². The minimum Gasteiger partial charge on any atom is -0.455 e. The van der Waals surface area contributed by atoms with E-state index in [9.17, 15) is 14.0 Å². The molecule has 0 unspecified atom stereocenters. The van der Waals surface area contributed by atoms with Crippen LogP contribution in [0.1, 0.15) is 56.9 Å². The number of piperidine rings is 3. The number of anilines is 1. The Bertz CT molecular complexity index is 1040. The average molecular weight is 481 g/mol. The minimum absolute atomic E-state index is 0.0854. The molecule has 4 fully saturated rings. The zero-order valence-corrected chi connectivity index (χ0v) is 20.3. The number of nitrogens with zero attached hydrogens (tertiary/aromatic N) is 2. The molecule has 1 aromatic carbocycles. The van der Waals surface area contributed by atoms with Crippen LogP contribution < -0.4 is 5.32 Å². The van der Waals surface area contributed by atoms with Crippen molar-refractivity contribution >= 4 is 17.6 Å². The maximum Gasteiger partial charge on any atom is 0.317 e. The van der Waals surface area contributed by atoms with Gasteiger partial charge in [0, 0.05) is 24.8 Å². The van der Waals surface area contributed by atoms with Crippen LogP contribution in [-0.4, -0.2) is 53.6 Å². The maximum atomic E-state index is 13.9. The molecule has 7 heteroatoms. The molecule has 1 saturated carbocycles. The molecule has 1 aliphatic carbocycles. The average Bonchev–Trinajstić information content (AvgIpc) is 3.12. The Hall–Kier alpha value is -2.80. The fourth-order valence-corrected chi connectivity index (χ4v) is 6.51. The highest BCUT2D eigenvalue weighted by Crippen LogP contribution is 2.42. The first-order valence-corrected chi connectivity index (χ1v) is 13.0. The van der Waals surface area contributed by atoms with Crippen LogP contribution in [0.4, 0.5) is 10.1 Å². The van der Waals surface area contributed by atoms with Crippen molar-refractivity contribution in [1.29, 1.82) is 0 Å². The first kappa shape index (κ1) is 23.9. The predicted molar refractivity (Wildman–Crippen MR) is 131 cm³/mol. The van der Waals surface area contributed by atoms with Crippen molar-refractivity contribution in [3.8, 4) is 0 Å². The van der Waals surface area contributed by atoms with Gasteiger partial charge in [-0.1, -0.05) is 56.0 Å². The van der Waals surface area contributed by atoms with Gasteiger partial charge in [-0.2, -0.15) is 0 Å². The summed E-state index contributed by atoms with van der Waals surface area (Å²) in [4.78, 5) is 30.5. The van der Waals surface area contributed by atoms with Crippen molar-refractivity contribution in [3.05, 3.63) is 60.2 Å². The van der Waals surface area contributed by atoms with Gasteiger partial charge < -0.3 is 14.5 Å². The van der Waals surface area contributed by atoms with Gasteiger partial charge in [-0.15, -0.1) is 0 Å². The summed E-state index contributed by atoms with van der Waals surface area (Å²) < 4.78 is 20.4. The summed E-state index contributed by atoms with van der Waals surface area (Å²) in [5.74, 6) is -0.371. The molecule has 6 nitrogen and oxygen atoms in total. The summed E-state index contributed by atoms with van der Waals surface area (Å²) in [6.45, 7) is 2.76. The van der Waals surface area contributed by atoms with Crippen molar-refractivity contribution in [1.82, 2.24) is 4.98 Å². The van der Waals surface area contributed by atoms with Crippen LogP contribution in [0.5, 0.6) is 0 Å². The van der Waals surface area contributed by atoms with Crippen LogP contribution in [0.3, 0.4) is 0 Å². The van der Waals surface area contributed by atoms with Crippen molar-refractivity contribution in [2.24, 2.45) is 5.92 Å². The van der Waals surface area contributed by atoms with Gasteiger partial charge in [0.25, 0.3) is 5.91 Å². The van der Waals surface area contributed by atoms with E-state index >= 15 is 0 Å². The van der Waals surface area contributed by atoms with E-state index in [0.717, 1.165) is 76.2 Å². The van der Waals surface area contributed by atoms with E-state index in [2.05, 4.69) is 22.4 Å². The van der Waals surface area contributed by atoms with Crippen molar-refractivity contribution in [2.75, 3.05) is 31.5 Å². The zero-order valence-electron chi connectivity index (χ0n) is 20.3. The van der Waals surface area contributed by atoms with Crippen LogP contribution in [0.25, 0.3) is 0 Å². The Balaban J connectivity index is 1.29. The molecule has 2 bridgehead atoms. The van der Waals surface area contributed by atoms with Crippen LogP contribution in [-0.2, 0) is 19.7 Å². The van der Waals surface area contributed by atoms with E-state index in [0.29, 0.717) is 29.2 Å². The normalized spacial score (nSPS) is 27.6. The van der Waals surface area contributed by atoms with Crippen molar-refractivity contribution in [3.63, 3.8) is 0 Å². The van der Waals surface area contributed by atoms with Crippen LogP contribution >= 0.6 is 0 Å². The third-order valence-corrected chi connectivity index (χ3v) is 8.44. The smallest absolute Gasteiger partial charge is 0.317 e. The van der Waals surface area contributed by atoms with Crippen molar-refractivity contribution < 1.29 is 23.2 Å². The number of benzene rings is 1. The molecule has 0 spiro atoms. The Morgan fingerprint density at radius 2 is 1.77 bits per heavy atom. The zero-order chi connectivity index (χ0) is 24.3. The molecule has 4 aliphatic rings. The third-order valence-electron chi connectivity index (χ3n) is 8.44. The number of carbonyl (C=O) groups excluding carboxylic acids is 2. The lowest BCUT2D eigenvalue weighted by Crippen LogP contribution is -2.66. The second kappa shape index (κ2) is 10.1. The molecule has 1 atom stereocenters. The molecule has 0 radical (unpaired) electrons. The van der Waals surface area contributed by atoms with Gasteiger partial charge in [0.15, 0.2) is 12.6 Å².